The maximum absolute atomic E-state index is 12.8. The maximum atomic E-state index is 12.8. The molecule has 33 heavy (non-hydrogen) atoms. The van der Waals surface area contributed by atoms with E-state index in [0.29, 0.717) is 24.2 Å². The number of nitrogens with one attached hydrogen (secondary N) is 1. The van der Waals surface area contributed by atoms with E-state index < -0.39 is 10.0 Å². The Morgan fingerprint density at radius 1 is 1.03 bits per heavy atom. The van der Waals surface area contributed by atoms with Gasteiger partial charge >= 0.3 is 0 Å². The van der Waals surface area contributed by atoms with Gasteiger partial charge in [-0.25, -0.2) is 8.42 Å². The molecule has 1 aliphatic heterocycles. The Morgan fingerprint density at radius 2 is 1.58 bits per heavy atom. The molecule has 0 radical (unpaired) electrons. The van der Waals surface area contributed by atoms with Gasteiger partial charge in [-0.05, 0) is 55.8 Å². The number of carbonyl (C=O) groups excluding carboxylic acids is 2. The number of rotatable bonds is 7. The fourth-order valence-corrected chi connectivity index (χ4v) is 4.57. The predicted octanol–water partition coefficient (Wildman–Crippen LogP) is 2.05. The lowest BCUT2D eigenvalue weighted by Gasteiger charge is -2.35. The first-order valence-corrected chi connectivity index (χ1v) is 12.0. The molecule has 1 heterocycles. The number of hydroxylamine groups is 1. The zero-order valence-corrected chi connectivity index (χ0v) is 20.0. The zero-order chi connectivity index (χ0) is 24.2. The van der Waals surface area contributed by atoms with Crippen LogP contribution in [0.25, 0.3) is 0 Å². The molecule has 0 spiro atoms. The molecule has 1 N–H and O–H groups in total. The molecule has 1 fully saturated rings. The first-order valence-electron chi connectivity index (χ1n) is 10.6. The van der Waals surface area contributed by atoms with Crippen molar-refractivity contribution in [3.05, 3.63) is 65.2 Å². The predicted molar refractivity (Wildman–Crippen MR) is 122 cm³/mol. The summed E-state index contributed by atoms with van der Waals surface area (Å²) in [5.74, 6) is -0.378. The third kappa shape index (κ3) is 5.97. The molecule has 2 aromatic rings. The van der Waals surface area contributed by atoms with Crippen LogP contribution < -0.4 is 5.32 Å². The molecular formula is C23H29N3O6S. The van der Waals surface area contributed by atoms with Gasteiger partial charge in [0.05, 0.1) is 24.2 Å². The summed E-state index contributed by atoms with van der Waals surface area (Å²) in [6.07, 6.45) is 0.00416. The Labute approximate surface area is 194 Å². The highest BCUT2D eigenvalue weighted by Crippen LogP contribution is 2.17. The molecule has 2 aromatic carbocycles. The van der Waals surface area contributed by atoms with Gasteiger partial charge in [0.25, 0.3) is 21.8 Å². The minimum Gasteiger partial charge on any atom is -0.372 e. The van der Waals surface area contributed by atoms with Crippen LogP contribution in [0.5, 0.6) is 0 Å². The summed E-state index contributed by atoms with van der Waals surface area (Å²) in [5.41, 5.74) is 1.75. The summed E-state index contributed by atoms with van der Waals surface area (Å²) in [6, 6.07) is 12.7. The van der Waals surface area contributed by atoms with E-state index in [4.69, 9.17) is 9.57 Å². The van der Waals surface area contributed by atoms with Gasteiger partial charge in [0.15, 0.2) is 0 Å². The van der Waals surface area contributed by atoms with Crippen molar-refractivity contribution in [2.75, 3.05) is 27.2 Å². The van der Waals surface area contributed by atoms with E-state index in [2.05, 4.69) is 5.32 Å². The molecule has 1 saturated heterocycles. The Balaban J connectivity index is 1.58. The molecule has 9 nitrogen and oxygen atoms in total. The minimum atomic E-state index is -3.77. The summed E-state index contributed by atoms with van der Waals surface area (Å²) in [5, 5.41) is 2.80. The molecule has 2 amide bonds. The summed E-state index contributed by atoms with van der Waals surface area (Å²) < 4.78 is 30.9. The van der Waals surface area contributed by atoms with Crippen molar-refractivity contribution in [3.63, 3.8) is 0 Å². The third-order valence-corrected chi connectivity index (χ3v) is 7.06. The fraction of sp³-hybridized carbons (Fsp3) is 0.391. The van der Waals surface area contributed by atoms with Crippen molar-refractivity contribution in [1.29, 1.82) is 0 Å². The third-order valence-electron chi connectivity index (χ3n) is 5.37. The number of morpholine rings is 1. The van der Waals surface area contributed by atoms with Gasteiger partial charge in [-0.3, -0.25) is 14.4 Å². The lowest BCUT2D eigenvalue weighted by molar-refractivity contribution is -0.0586. The van der Waals surface area contributed by atoms with Crippen molar-refractivity contribution in [2.45, 2.75) is 37.5 Å². The lowest BCUT2D eigenvalue weighted by Crippen LogP contribution is -2.48. The van der Waals surface area contributed by atoms with E-state index in [1.807, 2.05) is 13.8 Å². The first-order chi connectivity index (χ1) is 15.6. The summed E-state index contributed by atoms with van der Waals surface area (Å²) >= 11 is 0. The van der Waals surface area contributed by atoms with Crippen LogP contribution in [0.3, 0.4) is 0 Å². The summed E-state index contributed by atoms with van der Waals surface area (Å²) in [7, 11) is -1.23. The van der Waals surface area contributed by atoms with E-state index in [-0.39, 0.29) is 35.5 Å². The molecule has 0 aliphatic carbocycles. The molecule has 0 aromatic heterocycles. The molecular weight excluding hydrogens is 446 g/mol. The van der Waals surface area contributed by atoms with Crippen LogP contribution in [-0.2, 0) is 26.1 Å². The second kappa shape index (κ2) is 10.4. The quantitative estimate of drug-likeness (QED) is 0.615. The Hall–Kier alpha value is -2.79. The number of carbonyl (C=O) groups is 2. The topological polar surface area (TPSA) is 105 Å². The van der Waals surface area contributed by atoms with Gasteiger partial charge in [-0.15, -0.1) is 0 Å². The van der Waals surface area contributed by atoms with E-state index in [1.54, 1.807) is 29.2 Å². The molecule has 178 valence electrons. The van der Waals surface area contributed by atoms with Gasteiger partial charge in [0.1, 0.15) is 0 Å². The van der Waals surface area contributed by atoms with Crippen molar-refractivity contribution in [1.82, 2.24) is 14.7 Å². The lowest BCUT2D eigenvalue weighted by atomic mass is 10.1. The highest BCUT2D eigenvalue weighted by Gasteiger charge is 2.26. The SMILES string of the molecule is CON(C)S(=O)(=O)c1ccc(C(=O)NCc2ccc(C(=O)N3CC(C)OC(C)C3)cc2)cc1. The van der Waals surface area contributed by atoms with Crippen LogP contribution in [-0.4, -0.2) is 69.1 Å². The largest absolute Gasteiger partial charge is 0.372 e. The minimum absolute atomic E-state index is 0.00208. The summed E-state index contributed by atoms with van der Waals surface area (Å²) in [4.78, 5) is 31.8. The van der Waals surface area contributed by atoms with Crippen molar-refractivity contribution >= 4 is 21.8 Å². The number of amides is 2. The average Bonchev–Trinajstić information content (AvgIpc) is 2.81. The number of benzene rings is 2. The smallest absolute Gasteiger partial charge is 0.264 e. The molecule has 0 bridgehead atoms. The van der Waals surface area contributed by atoms with Gasteiger partial charge in [-0.2, -0.15) is 0 Å². The number of ether oxygens (including phenoxy) is 1. The highest BCUT2D eigenvalue weighted by molar-refractivity contribution is 7.89. The van der Waals surface area contributed by atoms with Crippen LogP contribution in [0.1, 0.15) is 40.1 Å². The Kier molecular flexibility index (Phi) is 7.85. The number of nitrogens with zero attached hydrogens (tertiary/aromatic N) is 2. The van der Waals surface area contributed by atoms with Gasteiger partial charge < -0.3 is 15.0 Å². The normalized spacial score (nSPS) is 18.9. The maximum Gasteiger partial charge on any atom is 0.264 e. The van der Waals surface area contributed by atoms with Gasteiger partial charge in [0.2, 0.25) is 0 Å². The van der Waals surface area contributed by atoms with E-state index in [0.717, 1.165) is 10.0 Å². The van der Waals surface area contributed by atoms with Crippen molar-refractivity contribution in [3.8, 4) is 0 Å². The summed E-state index contributed by atoms with van der Waals surface area (Å²) in [6.45, 7) is 5.29. The molecule has 3 rings (SSSR count). The van der Waals surface area contributed by atoms with Gasteiger partial charge in [0, 0.05) is 37.8 Å². The van der Waals surface area contributed by atoms with Crippen LogP contribution in [0.15, 0.2) is 53.4 Å². The number of hydrogen-bond donors (Lipinski definition) is 1. The average molecular weight is 476 g/mol. The highest BCUT2D eigenvalue weighted by atomic mass is 32.2. The monoisotopic (exact) mass is 475 g/mol. The van der Waals surface area contributed by atoms with Gasteiger partial charge in [-0.1, -0.05) is 16.6 Å². The van der Waals surface area contributed by atoms with E-state index in [9.17, 15) is 18.0 Å². The first kappa shape index (κ1) is 24.8. The Bertz CT molecular complexity index is 1080. The van der Waals surface area contributed by atoms with Crippen LogP contribution >= 0.6 is 0 Å². The zero-order valence-electron chi connectivity index (χ0n) is 19.1. The van der Waals surface area contributed by atoms with E-state index in [1.165, 1.54) is 38.4 Å². The van der Waals surface area contributed by atoms with Crippen molar-refractivity contribution in [2.24, 2.45) is 0 Å². The molecule has 2 unspecified atom stereocenters. The Morgan fingerprint density at radius 3 is 2.12 bits per heavy atom. The van der Waals surface area contributed by atoms with Crippen LogP contribution in [0, 0.1) is 0 Å². The van der Waals surface area contributed by atoms with Crippen LogP contribution in [0.2, 0.25) is 0 Å². The molecule has 10 heteroatoms. The number of sulfonamides is 1. The van der Waals surface area contributed by atoms with Crippen molar-refractivity contribution < 1.29 is 27.6 Å². The van der Waals surface area contributed by atoms with E-state index >= 15 is 0 Å². The van der Waals surface area contributed by atoms with Crippen LogP contribution in [0.4, 0.5) is 0 Å². The second-order valence-electron chi connectivity index (χ2n) is 7.97. The fourth-order valence-electron chi connectivity index (χ4n) is 3.60. The molecule has 0 saturated carbocycles. The second-order valence-corrected chi connectivity index (χ2v) is 9.90. The molecule has 1 aliphatic rings. The molecule has 2 atom stereocenters. The number of hydrogen-bond acceptors (Lipinski definition) is 6. The standard InChI is InChI=1S/C23H29N3O6S/c1-16-14-26(15-17(2)32-16)23(28)20-7-5-18(6-8-20)13-24-22(27)19-9-11-21(12-10-19)33(29,30)25(3)31-4/h5-12,16-17H,13-15H2,1-4H3,(H,24,27).